The molecule has 6 nitrogen and oxygen atoms in total. The average Bonchev–Trinajstić information content (AvgIpc) is 2.80. The van der Waals surface area contributed by atoms with Gasteiger partial charge in [-0.2, -0.15) is 0 Å². The van der Waals surface area contributed by atoms with E-state index in [0.717, 1.165) is 11.1 Å². The van der Waals surface area contributed by atoms with Crippen molar-refractivity contribution in [1.29, 1.82) is 0 Å². The second-order valence-electron chi connectivity index (χ2n) is 7.35. The normalized spacial score (nSPS) is 10.4. The smallest absolute Gasteiger partial charge is 0.276 e. The molecule has 0 fully saturated rings. The fourth-order valence-electron chi connectivity index (χ4n) is 2.86. The molecular weight excluding hydrogens is 392 g/mol. The summed E-state index contributed by atoms with van der Waals surface area (Å²) in [5, 5.41) is 0. The van der Waals surface area contributed by atoms with Gasteiger partial charge in [0.05, 0.1) is 12.2 Å². The zero-order valence-corrected chi connectivity index (χ0v) is 17.6. The summed E-state index contributed by atoms with van der Waals surface area (Å²) >= 11 is 0. The lowest BCUT2D eigenvalue weighted by Crippen LogP contribution is -2.44. The Morgan fingerprint density at radius 1 is 0.774 bits per heavy atom. The molecule has 3 aromatic rings. The van der Waals surface area contributed by atoms with Gasteiger partial charge in [0, 0.05) is 5.56 Å². The first-order valence-corrected chi connectivity index (χ1v) is 10.1. The lowest BCUT2D eigenvalue weighted by molar-refractivity contribution is -0.123. The zero-order valence-electron chi connectivity index (χ0n) is 17.6. The van der Waals surface area contributed by atoms with Gasteiger partial charge in [0.25, 0.3) is 11.8 Å². The third kappa shape index (κ3) is 6.34. The molecule has 0 radical (unpaired) electrons. The zero-order chi connectivity index (χ0) is 22.1. The average molecular weight is 418 g/mol. The van der Waals surface area contributed by atoms with Crippen LogP contribution in [0.15, 0.2) is 78.9 Å². The van der Waals surface area contributed by atoms with Crippen molar-refractivity contribution in [2.45, 2.75) is 13.8 Å². The topological polar surface area (TPSA) is 76.7 Å². The standard InChI is InChI=1S/C25H26N2O4/c1-18(2)16-30-23-15-9-7-13-21(23)25(29)27-26-24(28)17-31-22-14-8-6-12-20(22)19-10-4-3-5-11-19/h3-15,18H,16-17H2,1-2H3,(H,26,28)(H,27,29). The molecule has 0 saturated heterocycles. The maximum absolute atomic E-state index is 12.5. The lowest BCUT2D eigenvalue weighted by atomic mass is 10.1. The summed E-state index contributed by atoms with van der Waals surface area (Å²) in [6.45, 7) is 4.30. The number of amides is 2. The molecule has 2 N–H and O–H groups in total. The molecule has 0 aliphatic rings. The van der Waals surface area contributed by atoms with Crippen LogP contribution < -0.4 is 20.3 Å². The van der Waals surface area contributed by atoms with Gasteiger partial charge in [0.2, 0.25) is 0 Å². The molecule has 0 saturated carbocycles. The fourth-order valence-corrected chi connectivity index (χ4v) is 2.86. The van der Waals surface area contributed by atoms with E-state index >= 15 is 0 Å². The molecule has 0 heterocycles. The monoisotopic (exact) mass is 418 g/mol. The summed E-state index contributed by atoms with van der Waals surface area (Å²) in [5.41, 5.74) is 7.02. The van der Waals surface area contributed by atoms with Crippen LogP contribution in [0.2, 0.25) is 0 Å². The Hall–Kier alpha value is -3.80. The molecule has 0 unspecified atom stereocenters. The molecular formula is C25H26N2O4. The van der Waals surface area contributed by atoms with Crippen molar-refractivity contribution < 1.29 is 19.1 Å². The van der Waals surface area contributed by atoms with Gasteiger partial charge in [-0.15, -0.1) is 0 Å². The van der Waals surface area contributed by atoms with Crippen molar-refractivity contribution in [1.82, 2.24) is 10.9 Å². The molecule has 0 aliphatic carbocycles. The molecule has 2 amide bonds. The van der Waals surface area contributed by atoms with Crippen LogP contribution in [0.5, 0.6) is 11.5 Å². The third-order valence-electron chi connectivity index (χ3n) is 4.35. The second kappa shape index (κ2) is 10.8. The fraction of sp³-hybridized carbons (Fsp3) is 0.200. The summed E-state index contributed by atoms with van der Waals surface area (Å²) < 4.78 is 11.4. The van der Waals surface area contributed by atoms with Crippen LogP contribution >= 0.6 is 0 Å². The van der Waals surface area contributed by atoms with Crippen molar-refractivity contribution in [3.8, 4) is 22.6 Å². The van der Waals surface area contributed by atoms with Gasteiger partial charge < -0.3 is 9.47 Å². The summed E-state index contributed by atoms with van der Waals surface area (Å²) in [7, 11) is 0. The maximum atomic E-state index is 12.5. The van der Waals surface area contributed by atoms with Crippen molar-refractivity contribution >= 4 is 11.8 Å². The van der Waals surface area contributed by atoms with Crippen LogP contribution in [-0.4, -0.2) is 25.0 Å². The first kappa shape index (κ1) is 21.9. The predicted octanol–water partition coefficient (Wildman–Crippen LogP) is 4.23. The van der Waals surface area contributed by atoms with Gasteiger partial charge in [0.1, 0.15) is 11.5 Å². The van der Waals surface area contributed by atoms with Crippen molar-refractivity contribution in [3.63, 3.8) is 0 Å². The Kier molecular flexibility index (Phi) is 7.65. The van der Waals surface area contributed by atoms with Gasteiger partial charge in [-0.25, -0.2) is 0 Å². The number of rotatable bonds is 8. The van der Waals surface area contributed by atoms with E-state index in [-0.39, 0.29) is 6.61 Å². The SMILES string of the molecule is CC(C)COc1ccccc1C(=O)NNC(=O)COc1ccccc1-c1ccccc1. The highest BCUT2D eigenvalue weighted by Crippen LogP contribution is 2.29. The third-order valence-corrected chi connectivity index (χ3v) is 4.35. The summed E-state index contributed by atoms with van der Waals surface area (Å²) in [4.78, 5) is 24.7. The Labute approximate surface area is 182 Å². The number of hydrogen-bond acceptors (Lipinski definition) is 4. The van der Waals surface area contributed by atoms with E-state index in [0.29, 0.717) is 29.6 Å². The maximum Gasteiger partial charge on any atom is 0.276 e. The van der Waals surface area contributed by atoms with Gasteiger partial charge in [-0.05, 0) is 29.7 Å². The lowest BCUT2D eigenvalue weighted by Gasteiger charge is -2.14. The van der Waals surface area contributed by atoms with E-state index < -0.39 is 11.8 Å². The van der Waals surface area contributed by atoms with Crippen LogP contribution in [0, 0.1) is 5.92 Å². The highest BCUT2D eigenvalue weighted by Gasteiger charge is 2.14. The Morgan fingerprint density at radius 3 is 2.16 bits per heavy atom. The Bertz CT molecular complexity index is 1020. The van der Waals surface area contributed by atoms with E-state index in [2.05, 4.69) is 10.9 Å². The van der Waals surface area contributed by atoms with Crippen LogP contribution in [0.3, 0.4) is 0 Å². The van der Waals surface area contributed by atoms with E-state index in [1.54, 1.807) is 30.3 Å². The minimum Gasteiger partial charge on any atom is -0.492 e. The van der Waals surface area contributed by atoms with Gasteiger partial charge in [-0.3, -0.25) is 20.4 Å². The summed E-state index contributed by atoms with van der Waals surface area (Å²) in [6, 6.07) is 24.2. The van der Waals surface area contributed by atoms with Crippen molar-refractivity contribution in [2.24, 2.45) is 5.92 Å². The Balaban J connectivity index is 1.56. The number of hydrazine groups is 1. The van der Waals surface area contributed by atoms with E-state index in [4.69, 9.17) is 9.47 Å². The second-order valence-corrected chi connectivity index (χ2v) is 7.35. The molecule has 0 aromatic heterocycles. The summed E-state index contributed by atoms with van der Waals surface area (Å²) in [6.07, 6.45) is 0. The van der Waals surface area contributed by atoms with Crippen molar-refractivity contribution in [3.05, 3.63) is 84.4 Å². The minimum absolute atomic E-state index is 0.240. The largest absolute Gasteiger partial charge is 0.492 e. The number of benzene rings is 3. The molecule has 0 aliphatic heterocycles. The number of para-hydroxylation sites is 2. The van der Waals surface area contributed by atoms with Gasteiger partial charge in [0.15, 0.2) is 6.61 Å². The van der Waals surface area contributed by atoms with E-state index in [9.17, 15) is 9.59 Å². The van der Waals surface area contributed by atoms with Crippen LogP contribution in [0.25, 0.3) is 11.1 Å². The van der Waals surface area contributed by atoms with Crippen LogP contribution in [-0.2, 0) is 4.79 Å². The van der Waals surface area contributed by atoms with Gasteiger partial charge in [-0.1, -0.05) is 74.5 Å². The van der Waals surface area contributed by atoms with Crippen molar-refractivity contribution in [2.75, 3.05) is 13.2 Å². The number of ether oxygens (including phenoxy) is 2. The molecule has 0 atom stereocenters. The molecule has 0 spiro atoms. The highest BCUT2D eigenvalue weighted by molar-refractivity contribution is 5.97. The molecule has 160 valence electrons. The van der Waals surface area contributed by atoms with Crippen LogP contribution in [0.1, 0.15) is 24.2 Å². The van der Waals surface area contributed by atoms with Crippen LogP contribution in [0.4, 0.5) is 0 Å². The number of carbonyl (C=O) groups is 2. The molecule has 0 bridgehead atoms. The van der Waals surface area contributed by atoms with Gasteiger partial charge >= 0.3 is 0 Å². The van der Waals surface area contributed by atoms with E-state index in [1.807, 2.05) is 62.4 Å². The Morgan fingerprint density at radius 2 is 1.42 bits per heavy atom. The number of carbonyl (C=O) groups excluding carboxylic acids is 2. The first-order valence-electron chi connectivity index (χ1n) is 10.1. The first-order chi connectivity index (χ1) is 15.0. The highest BCUT2D eigenvalue weighted by atomic mass is 16.5. The molecule has 3 aromatic carbocycles. The number of nitrogens with one attached hydrogen (secondary N) is 2. The van der Waals surface area contributed by atoms with E-state index in [1.165, 1.54) is 0 Å². The molecule has 31 heavy (non-hydrogen) atoms. The minimum atomic E-state index is -0.475. The summed E-state index contributed by atoms with van der Waals surface area (Å²) in [5.74, 6) is 0.444. The molecule has 3 rings (SSSR count). The molecule has 6 heteroatoms. The predicted molar refractivity (Wildman–Crippen MR) is 120 cm³/mol. The quantitative estimate of drug-likeness (QED) is 0.537. The number of hydrogen-bond donors (Lipinski definition) is 2.